The predicted octanol–water partition coefficient (Wildman–Crippen LogP) is 1.88. The Bertz CT molecular complexity index is 549. The van der Waals surface area contributed by atoms with Gasteiger partial charge in [0.25, 0.3) is 0 Å². The van der Waals surface area contributed by atoms with Crippen molar-refractivity contribution in [1.29, 1.82) is 0 Å². The molecule has 5 nitrogen and oxygen atoms in total. The van der Waals surface area contributed by atoms with Gasteiger partial charge >= 0.3 is 0 Å². The quantitative estimate of drug-likeness (QED) is 0.830. The van der Waals surface area contributed by atoms with E-state index in [4.69, 9.17) is 5.73 Å². The summed E-state index contributed by atoms with van der Waals surface area (Å²) in [4.78, 5) is 2.22. The van der Waals surface area contributed by atoms with E-state index >= 15 is 0 Å². The molecule has 0 radical (unpaired) electrons. The predicted molar refractivity (Wildman–Crippen MR) is 79.9 cm³/mol. The Morgan fingerprint density at radius 3 is 2.53 bits per heavy atom. The SMILES string of the molecule is CC1CCN(c2ccc(N)cc2NS(C)(=O)=O)CC1. The van der Waals surface area contributed by atoms with E-state index in [1.165, 1.54) is 0 Å². The standard InChI is InChI=1S/C13H21N3O2S/c1-10-5-7-16(8-6-10)13-4-3-11(14)9-12(13)15-19(2,17)18/h3-4,9-10,15H,5-8,14H2,1-2H3. The second-order valence-corrected chi connectivity index (χ2v) is 7.07. The highest BCUT2D eigenvalue weighted by atomic mass is 32.2. The number of rotatable bonds is 3. The normalized spacial score (nSPS) is 17.5. The van der Waals surface area contributed by atoms with Crippen LogP contribution in [-0.4, -0.2) is 27.8 Å². The Labute approximate surface area is 114 Å². The molecule has 2 rings (SSSR count). The molecule has 0 aliphatic carbocycles. The lowest BCUT2D eigenvalue weighted by atomic mass is 9.98. The topological polar surface area (TPSA) is 75.4 Å². The maximum absolute atomic E-state index is 11.4. The summed E-state index contributed by atoms with van der Waals surface area (Å²) in [5.41, 5.74) is 7.78. The fourth-order valence-corrected chi connectivity index (χ4v) is 2.92. The smallest absolute Gasteiger partial charge is 0.229 e. The molecule has 1 aromatic carbocycles. The number of nitrogens with two attached hydrogens (primary N) is 1. The molecular weight excluding hydrogens is 262 g/mol. The number of nitrogen functional groups attached to an aromatic ring is 1. The number of nitrogens with zero attached hydrogens (tertiary/aromatic N) is 1. The Kier molecular flexibility index (Phi) is 3.89. The van der Waals surface area contributed by atoms with Gasteiger partial charge in [-0.2, -0.15) is 0 Å². The van der Waals surface area contributed by atoms with E-state index in [2.05, 4.69) is 16.5 Å². The average molecular weight is 283 g/mol. The van der Waals surface area contributed by atoms with Gasteiger partial charge < -0.3 is 10.6 Å². The summed E-state index contributed by atoms with van der Waals surface area (Å²) in [6.45, 7) is 4.14. The molecular formula is C13H21N3O2S. The summed E-state index contributed by atoms with van der Waals surface area (Å²) in [6, 6.07) is 5.37. The first-order valence-corrected chi connectivity index (χ1v) is 8.36. The van der Waals surface area contributed by atoms with Gasteiger partial charge in [-0.05, 0) is 37.0 Å². The third kappa shape index (κ3) is 3.76. The summed E-state index contributed by atoms with van der Waals surface area (Å²) in [7, 11) is -3.30. The fourth-order valence-electron chi connectivity index (χ4n) is 2.36. The van der Waals surface area contributed by atoms with Crippen molar-refractivity contribution in [3.8, 4) is 0 Å². The first-order valence-electron chi connectivity index (χ1n) is 6.47. The summed E-state index contributed by atoms with van der Waals surface area (Å²) in [5.74, 6) is 0.733. The van der Waals surface area contributed by atoms with E-state index in [1.54, 1.807) is 12.1 Å². The van der Waals surface area contributed by atoms with Gasteiger partial charge in [0.1, 0.15) is 0 Å². The molecule has 1 aromatic rings. The Morgan fingerprint density at radius 1 is 1.32 bits per heavy atom. The monoisotopic (exact) mass is 283 g/mol. The molecule has 1 aliphatic heterocycles. The molecule has 6 heteroatoms. The van der Waals surface area contributed by atoms with Crippen LogP contribution in [0, 0.1) is 5.92 Å². The Morgan fingerprint density at radius 2 is 1.95 bits per heavy atom. The number of anilines is 3. The fraction of sp³-hybridized carbons (Fsp3) is 0.538. The lowest BCUT2D eigenvalue weighted by Crippen LogP contribution is -2.33. The second kappa shape index (κ2) is 5.28. The first kappa shape index (κ1) is 14.0. The molecule has 0 amide bonds. The van der Waals surface area contributed by atoms with Crippen LogP contribution in [0.4, 0.5) is 17.1 Å². The molecule has 3 N–H and O–H groups in total. The highest BCUT2D eigenvalue weighted by Crippen LogP contribution is 2.31. The maximum atomic E-state index is 11.4. The molecule has 0 bridgehead atoms. The van der Waals surface area contributed by atoms with Gasteiger partial charge in [-0.3, -0.25) is 4.72 Å². The zero-order chi connectivity index (χ0) is 14.0. The Hall–Kier alpha value is -1.43. The molecule has 0 saturated carbocycles. The number of sulfonamides is 1. The van der Waals surface area contributed by atoms with Crippen LogP contribution in [0.3, 0.4) is 0 Å². The lowest BCUT2D eigenvalue weighted by Gasteiger charge is -2.33. The van der Waals surface area contributed by atoms with E-state index in [0.717, 1.165) is 43.8 Å². The third-order valence-electron chi connectivity index (χ3n) is 3.44. The van der Waals surface area contributed by atoms with Crippen LogP contribution < -0.4 is 15.4 Å². The minimum atomic E-state index is -3.30. The second-order valence-electron chi connectivity index (χ2n) is 5.32. The number of benzene rings is 1. The highest BCUT2D eigenvalue weighted by molar-refractivity contribution is 7.92. The van der Waals surface area contributed by atoms with Gasteiger partial charge in [-0.25, -0.2) is 8.42 Å². The molecule has 0 atom stereocenters. The lowest BCUT2D eigenvalue weighted by molar-refractivity contribution is 0.438. The van der Waals surface area contributed by atoms with Crippen molar-refractivity contribution in [1.82, 2.24) is 0 Å². The summed E-state index contributed by atoms with van der Waals surface area (Å²) < 4.78 is 25.4. The summed E-state index contributed by atoms with van der Waals surface area (Å²) in [5, 5.41) is 0. The Balaban J connectivity index is 2.29. The zero-order valence-electron chi connectivity index (χ0n) is 11.4. The number of hydrogen-bond acceptors (Lipinski definition) is 4. The number of nitrogens with one attached hydrogen (secondary N) is 1. The largest absolute Gasteiger partial charge is 0.399 e. The molecule has 1 fully saturated rings. The van der Waals surface area contributed by atoms with Crippen LogP contribution in [-0.2, 0) is 10.0 Å². The third-order valence-corrected chi connectivity index (χ3v) is 4.03. The maximum Gasteiger partial charge on any atom is 0.229 e. The minimum absolute atomic E-state index is 0.556. The average Bonchev–Trinajstić information content (AvgIpc) is 2.29. The van der Waals surface area contributed by atoms with Crippen LogP contribution >= 0.6 is 0 Å². The van der Waals surface area contributed by atoms with Crippen molar-refractivity contribution in [2.45, 2.75) is 19.8 Å². The number of hydrogen-bond donors (Lipinski definition) is 2. The molecule has 106 valence electrons. The first-order chi connectivity index (χ1) is 8.85. The van der Waals surface area contributed by atoms with Crippen LogP contribution in [0.2, 0.25) is 0 Å². The van der Waals surface area contributed by atoms with E-state index in [-0.39, 0.29) is 0 Å². The van der Waals surface area contributed by atoms with E-state index < -0.39 is 10.0 Å². The van der Waals surface area contributed by atoms with Gasteiger partial charge in [0.15, 0.2) is 0 Å². The van der Waals surface area contributed by atoms with Gasteiger partial charge in [0, 0.05) is 18.8 Å². The van der Waals surface area contributed by atoms with Crippen molar-refractivity contribution < 1.29 is 8.42 Å². The summed E-state index contributed by atoms with van der Waals surface area (Å²) in [6.07, 6.45) is 3.41. The van der Waals surface area contributed by atoms with Crippen LogP contribution in [0.15, 0.2) is 18.2 Å². The van der Waals surface area contributed by atoms with E-state index in [0.29, 0.717) is 11.4 Å². The molecule has 1 saturated heterocycles. The van der Waals surface area contributed by atoms with Gasteiger partial charge in [0.05, 0.1) is 17.6 Å². The van der Waals surface area contributed by atoms with Crippen molar-refractivity contribution in [3.05, 3.63) is 18.2 Å². The van der Waals surface area contributed by atoms with Gasteiger partial charge in [-0.1, -0.05) is 6.92 Å². The number of piperidine rings is 1. The van der Waals surface area contributed by atoms with Crippen LogP contribution in [0.25, 0.3) is 0 Å². The molecule has 0 aromatic heterocycles. The molecule has 19 heavy (non-hydrogen) atoms. The van der Waals surface area contributed by atoms with Crippen molar-refractivity contribution in [2.75, 3.05) is 34.7 Å². The van der Waals surface area contributed by atoms with Crippen LogP contribution in [0.1, 0.15) is 19.8 Å². The van der Waals surface area contributed by atoms with Crippen molar-refractivity contribution in [2.24, 2.45) is 5.92 Å². The van der Waals surface area contributed by atoms with Crippen molar-refractivity contribution >= 4 is 27.1 Å². The molecule has 1 heterocycles. The minimum Gasteiger partial charge on any atom is -0.399 e. The summed E-state index contributed by atoms with van der Waals surface area (Å²) >= 11 is 0. The van der Waals surface area contributed by atoms with Crippen LogP contribution in [0.5, 0.6) is 0 Å². The zero-order valence-corrected chi connectivity index (χ0v) is 12.2. The van der Waals surface area contributed by atoms with E-state index in [1.807, 2.05) is 6.07 Å². The van der Waals surface area contributed by atoms with Gasteiger partial charge in [-0.15, -0.1) is 0 Å². The molecule has 0 unspecified atom stereocenters. The molecule has 1 aliphatic rings. The van der Waals surface area contributed by atoms with E-state index in [9.17, 15) is 8.42 Å². The van der Waals surface area contributed by atoms with Crippen molar-refractivity contribution in [3.63, 3.8) is 0 Å². The molecule has 0 spiro atoms. The van der Waals surface area contributed by atoms with Gasteiger partial charge in [0.2, 0.25) is 10.0 Å². The highest BCUT2D eigenvalue weighted by Gasteiger charge is 2.19.